The highest BCUT2D eigenvalue weighted by molar-refractivity contribution is 7.89. The molecule has 0 heterocycles. The zero-order valence-corrected chi connectivity index (χ0v) is 11.5. The Bertz CT molecular complexity index is 844. The van der Waals surface area contributed by atoms with E-state index in [1.807, 2.05) is 0 Å². The van der Waals surface area contributed by atoms with Crippen molar-refractivity contribution in [2.45, 2.75) is 4.90 Å². The molecule has 0 bridgehead atoms. The van der Waals surface area contributed by atoms with Gasteiger partial charge in [-0.05, 0) is 30.3 Å². The third-order valence-corrected chi connectivity index (χ3v) is 3.66. The van der Waals surface area contributed by atoms with Gasteiger partial charge in [0.1, 0.15) is 22.3 Å². The Balaban J connectivity index is 2.56. The molecule has 5 N–H and O–H groups in total. The Labute approximate surface area is 120 Å². The van der Waals surface area contributed by atoms with E-state index >= 15 is 0 Å². The zero-order chi connectivity index (χ0) is 15.6. The van der Waals surface area contributed by atoms with E-state index in [1.54, 1.807) is 6.07 Å². The molecule has 0 amide bonds. The first-order valence-corrected chi connectivity index (χ1v) is 7.25. The summed E-state index contributed by atoms with van der Waals surface area (Å²) in [5.74, 6) is -0.713. The highest BCUT2D eigenvalue weighted by Gasteiger charge is 2.16. The molecule has 0 aliphatic carbocycles. The largest absolute Gasteiger partial charge is 0.399 e. The van der Waals surface area contributed by atoms with E-state index in [9.17, 15) is 12.8 Å². The first kappa shape index (κ1) is 14.8. The lowest BCUT2D eigenvalue weighted by Crippen LogP contribution is -2.14. The summed E-state index contributed by atoms with van der Waals surface area (Å²) in [5.41, 5.74) is 5.76. The molecule has 2 rings (SSSR count). The molecule has 0 fully saturated rings. The van der Waals surface area contributed by atoms with Crippen molar-refractivity contribution in [3.8, 4) is 6.07 Å². The molecule has 6 nitrogen and oxygen atoms in total. The number of nitrogens with one attached hydrogen (secondary N) is 1. The smallest absolute Gasteiger partial charge is 0.240 e. The summed E-state index contributed by atoms with van der Waals surface area (Å²) in [4.78, 5) is -0.240. The summed E-state index contributed by atoms with van der Waals surface area (Å²) in [6.45, 7) is 0. The molecule has 0 aromatic heterocycles. The number of primary sulfonamides is 1. The van der Waals surface area contributed by atoms with Crippen LogP contribution >= 0.6 is 0 Å². The number of hydrogen-bond donors (Lipinski definition) is 3. The predicted molar refractivity (Wildman–Crippen MR) is 76.6 cm³/mol. The van der Waals surface area contributed by atoms with Gasteiger partial charge in [0, 0.05) is 5.69 Å². The summed E-state index contributed by atoms with van der Waals surface area (Å²) in [5, 5.41) is 16.8. The number of sulfonamides is 1. The molecule has 108 valence electrons. The molecule has 0 aliphatic heterocycles. The normalized spacial score (nSPS) is 10.9. The summed E-state index contributed by atoms with van der Waals surface area (Å²) in [6.07, 6.45) is 0. The molecular weight excluding hydrogens is 295 g/mol. The Morgan fingerprint density at radius 2 is 1.90 bits per heavy atom. The third-order valence-electron chi connectivity index (χ3n) is 2.71. The molecule has 0 saturated heterocycles. The van der Waals surface area contributed by atoms with Crippen LogP contribution in [-0.2, 0) is 10.0 Å². The highest BCUT2D eigenvalue weighted by atomic mass is 32.2. The van der Waals surface area contributed by atoms with Crippen LogP contribution in [0.5, 0.6) is 0 Å². The lowest BCUT2D eigenvalue weighted by atomic mass is 10.1. The van der Waals surface area contributed by atoms with Crippen LogP contribution in [0.1, 0.15) is 5.56 Å². The van der Waals surface area contributed by atoms with Gasteiger partial charge in [-0.3, -0.25) is 0 Å². The summed E-state index contributed by atoms with van der Waals surface area (Å²) in [6, 6.07) is 9.72. The number of nitrogens with two attached hydrogens (primary N) is 2. The van der Waals surface area contributed by atoms with Crippen LogP contribution in [0.15, 0.2) is 41.3 Å². The Kier molecular flexibility index (Phi) is 3.80. The second-order valence-corrected chi connectivity index (χ2v) is 5.73. The molecule has 2 aromatic carbocycles. The van der Waals surface area contributed by atoms with Gasteiger partial charge in [0.05, 0.1) is 11.4 Å². The topological polar surface area (TPSA) is 122 Å². The second-order valence-electron chi connectivity index (χ2n) is 4.20. The average molecular weight is 306 g/mol. The van der Waals surface area contributed by atoms with Crippen LogP contribution in [0.25, 0.3) is 0 Å². The maximum atomic E-state index is 13.5. The quantitative estimate of drug-likeness (QED) is 0.744. The lowest BCUT2D eigenvalue weighted by molar-refractivity contribution is 0.598. The number of nitriles is 1. The minimum absolute atomic E-state index is 0.105. The second kappa shape index (κ2) is 5.40. The van der Waals surface area contributed by atoms with E-state index in [-0.39, 0.29) is 27.5 Å². The van der Waals surface area contributed by atoms with Crippen LogP contribution in [-0.4, -0.2) is 8.42 Å². The monoisotopic (exact) mass is 306 g/mol. The summed E-state index contributed by atoms with van der Waals surface area (Å²) < 4.78 is 36.6. The molecule has 21 heavy (non-hydrogen) atoms. The molecule has 0 radical (unpaired) electrons. The van der Waals surface area contributed by atoms with E-state index < -0.39 is 15.8 Å². The van der Waals surface area contributed by atoms with E-state index in [2.05, 4.69) is 5.32 Å². The summed E-state index contributed by atoms with van der Waals surface area (Å²) >= 11 is 0. The number of nitrogens with zero attached hydrogens (tertiary/aromatic N) is 1. The minimum atomic E-state index is -4.02. The van der Waals surface area contributed by atoms with Crippen molar-refractivity contribution in [1.29, 1.82) is 5.26 Å². The van der Waals surface area contributed by atoms with Gasteiger partial charge in [0.2, 0.25) is 10.0 Å². The van der Waals surface area contributed by atoms with Gasteiger partial charge in [0.25, 0.3) is 0 Å². The van der Waals surface area contributed by atoms with Crippen LogP contribution in [0.4, 0.5) is 21.5 Å². The number of halogens is 1. The van der Waals surface area contributed by atoms with Gasteiger partial charge in [-0.2, -0.15) is 5.26 Å². The van der Waals surface area contributed by atoms with Crippen LogP contribution < -0.4 is 16.2 Å². The van der Waals surface area contributed by atoms with E-state index in [1.165, 1.54) is 30.3 Å². The molecule has 0 spiro atoms. The van der Waals surface area contributed by atoms with Crippen molar-refractivity contribution in [3.63, 3.8) is 0 Å². The van der Waals surface area contributed by atoms with Crippen LogP contribution in [0.2, 0.25) is 0 Å². The molecule has 0 aliphatic rings. The van der Waals surface area contributed by atoms with Gasteiger partial charge in [-0.1, -0.05) is 6.07 Å². The van der Waals surface area contributed by atoms with E-state index in [0.717, 1.165) is 6.07 Å². The summed E-state index contributed by atoms with van der Waals surface area (Å²) in [7, 11) is -4.02. The molecule has 0 saturated carbocycles. The Morgan fingerprint density at radius 1 is 1.19 bits per heavy atom. The van der Waals surface area contributed by atoms with Crippen molar-refractivity contribution in [2.75, 3.05) is 11.1 Å². The lowest BCUT2D eigenvalue weighted by Gasteiger charge is -2.12. The van der Waals surface area contributed by atoms with Gasteiger partial charge in [-0.25, -0.2) is 17.9 Å². The van der Waals surface area contributed by atoms with Crippen molar-refractivity contribution in [3.05, 3.63) is 47.8 Å². The van der Waals surface area contributed by atoms with E-state index in [4.69, 9.17) is 16.1 Å². The SMILES string of the molecule is N#Cc1c(F)cccc1Nc1ccc(N)cc1S(N)(=O)=O. The predicted octanol–water partition coefficient (Wildman–Crippen LogP) is 1.67. The molecular formula is C13H11FN4O2S. The van der Waals surface area contributed by atoms with Gasteiger partial charge in [0.15, 0.2) is 0 Å². The van der Waals surface area contributed by atoms with Gasteiger partial charge >= 0.3 is 0 Å². The van der Waals surface area contributed by atoms with E-state index in [0.29, 0.717) is 0 Å². The Hall–Kier alpha value is -2.63. The number of hydrogen-bond acceptors (Lipinski definition) is 5. The van der Waals surface area contributed by atoms with Crippen molar-refractivity contribution < 1.29 is 12.8 Å². The van der Waals surface area contributed by atoms with Gasteiger partial charge < -0.3 is 11.1 Å². The fraction of sp³-hybridized carbons (Fsp3) is 0. The maximum Gasteiger partial charge on any atom is 0.240 e. The van der Waals surface area contributed by atoms with Gasteiger partial charge in [-0.15, -0.1) is 0 Å². The third kappa shape index (κ3) is 3.10. The number of anilines is 3. The van der Waals surface area contributed by atoms with Crippen LogP contribution in [0, 0.1) is 17.1 Å². The zero-order valence-electron chi connectivity index (χ0n) is 10.7. The molecule has 2 aromatic rings. The average Bonchev–Trinajstić information content (AvgIpc) is 2.40. The van der Waals surface area contributed by atoms with Crippen molar-refractivity contribution >= 4 is 27.1 Å². The Morgan fingerprint density at radius 3 is 2.52 bits per heavy atom. The molecule has 8 heteroatoms. The highest BCUT2D eigenvalue weighted by Crippen LogP contribution is 2.28. The molecule has 0 atom stereocenters. The van der Waals surface area contributed by atoms with Crippen LogP contribution in [0.3, 0.4) is 0 Å². The number of nitrogen functional groups attached to an aromatic ring is 1. The fourth-order valence-corrected chi connectivity index (χ4v) is 2.49. The first-order valence-electron chi connectivity index (χ1n) is 5.71. The minimum Gasteiger partial charge on any atom is -0.399 e. The molecule has 0 unspecified atom stereocenters. The number of rotatable bonds is 3. The standard InChI is InChI=1S/C13H11FN4O2S/c14-10-2-1-3-11(9(10)7-15)18-12-5-4-8(16)6-13(12)21(17,19)20/h1-6,18H,16H2,(H2,17,19,20). The maximum absolute atomic E-state index is 13.5. The first-order chi connectivity index (χ1) is 9.82. The fourth-order valence-electron chi connectivity index (χ4n) is 1.76. The van der Waals surface area contributed by atoms with Crippen molar-refractivity contribution in [1.82, 2.24) is 0 Å². The van der Waals surface area contributed by atoms with Crippen molar-refractivity contribution in [2.24, 2.45) is 5.14 Å². The number of benzene rings is 2.